The Balaban J connectivity index is -0.0000000342. The molecule has 0 aliphatic carbocycles. The molecule has 0 radical (unpaired) electrons. The van der Waals surface area contributed by atoms with Crippen LogP contribution >= 0.6 is 0 Å². The Morgan fingerprint density at radius 1 is 0.739 bits per heavy atom. The van der Waals surface area contributed by atoms with E-state index in [-0.39, 0.29) is 49.3 Å². The molecule has 0 saturated carbocycles. The van der Waals surface area contributed by atoms with Crippen molar-refractivity contribution >= 4 is 10.1 Å². The van der Waals surface area contributed by atoms with Crippen LogP contribution in [0, 0.1) is 0 Å². The molecule has 1 aromatic carbocycles. The lowest BCUT2D eigenvalue weighted by molar-refractivity contribution is -0.362. The van der Waals surface area contributed by atoms with Crippen molar-refractivity contribution in [1.29, 1.82) is 0 Å². The van der Waals surface area contributed by atoms with E-state index < -0.39 is 10.1 Å². The highest BCUT2D eigenvalue weighted by molar-refractivity contribution is 7.85. The summed E-state index contributed by atoms with van der Waals surface area (Å²) in [5.41, 5.74) is 0. The summed E-state index contributed by atoms with van der Waals surface area (Å²) in [5, 5.41) is 26.8. The highest BCUT2D eigenvalue weighted by Gasteiger charge is 1.95. The zero-order valence-corrected chi connectivity index (χ0v) is 16.2. The molecule has 0 unspecified atom stereocenters. The summed E-state index contributed by atoms with van der Waals surface area (Å²) in [5.74, 6) is 0. The molecule has 10 nitrogen and oxygen atoms in total. The van der Waals surface area contributed by atoms with E-state index in [4.69, 9.17) is 15.3 Å². The Kier molecular flexibility index (Phi) is 61.2. The predicted molar refractivity (Wildman–Crippen MR) is 90.0 cm³/mol. The Labute approximate surface area is 139 Å². The quantitative estimate of drug-likeness (QED) is 0.504. The highest BCUT2D eigenvalue weighted by Crippen LogP contribution is 2.04. The first kappa shape index (κ1) is 43.1. The summed E-state index contributed by atoms with van der Waals surface area (Å²) >= 11 is 0. The van der Waals surface area contributed by atoms with E-state index in [9.17, 15) is 13.0 Å². The summed E-state index contributed by atoms with van der Waals surface area (Å²) in [4.78, 5) is -0.185. The number of hydrogen-bond acceptors (Lipinski definition) is 6. The van der Waals surface area contributed by atoms with E-state index in [2.05, 4.69) is 0 Å². The third-order valence-corrected chi connectivity index (χ3v) is 1.88. The van der Waals surface area contributed by atoms with Gasteiger partial charge in [-0.2, -0.15) is 0 Å². The fraction of sp³-hybridized carbons (Fsp3) is 0.500. The fourth-order valence-electron chi connectivity index (χ4n) is 0.587. The predicted octanol–water partition coefficient (Wildman–Crippen LogP) is 0.195. The second-order valence-electron chi connectivity index (χ2n) is 2.63. The molecule has 0 spiro atoms. The van der Waals surface area contributed by atoms with Gasteiger partial charge >= 0.3 is 0 Å². The maximum atomic E-state index is 10.3. The molecule has 0 aliphatic rings. The Hall–Kier alpha value is -1.15. The average molecular weight is 365 g/mol. The van der Waals surface area contributed by atoms with E-state index >= 15 is 0 Å². The van der Waals surface area contributed by atoms with Gasteiger partial charge in [0.1, 0.15) is 10.1 Å². The van der Waals surface area contributed by atoms with Crippen molar-refractivity contribution in [2.75, 3.05) is 19.8 Å². The van der Waals surface area contributed by atoms with Gasteiger partial charge in [0.25, 0.3) is 0 Å². The summed E-state index contributed by atoms with van der Waals surface area (Å²) < 4.78 is 30.8. The monoisotopic (exact) mass is 364 g/mol. The third kappa shape index (κ3) is 44.9. The minimum Gasteiger partial charge on any atom is -0.855 e. The van der Waals surface area contributed by atoms with E-state index in [0.717, 1.165) is 0 Å². The number of hydrogen-bond donors (Lipinski definition) is 4. The standard InChI is InChI=1S/C6H6O3S.3C2H5O.4H3N/c7-10(8,9)6-4-2-1-3-5-6;3*1-2-3;;;;/h1-5H,(H,7,8,9);3*2H2,1H3;4*1H3/q;3*-1;;;;/p+3. The van der Waals surface area contributed by atoms with Crippen molar-refractivity contribution < 1.29 is 28.3 Å². The van der Waals surface area contributed by atoms with Gasteiger partial charge in [0.15, 0.2) is 0 Å². The molecule has 1 rings (SSSR count). The number of benzene rings is 1. The minimum atomic E-state index is -4.25. The summed E-state index contributed by atoms with van der Waals surface area (Å²) in [6.45, 7) is 4.71. The molecular formula is C12H36N4O6S. The Morgan fingerprint density at radius 3 is 1.09 bits per heavy atom. The zero-order chi connectivity index (χ0) is 15.7. The van der Waals surface area contributed by atoms with E-state index in [1.165, 1.54) is 24.3 Å². The maximum Gasteiger partial charge on any atom is 0.124 e. The van der Waals surface area contributed by atoms with Crippen molar-refractivity contribution in [3.05, 3.63) is 30.3 Å². The number of quaternary nitrogens is 4. The van der Waals surface area contributed by atoms with Crippen LogP contribution in [0.4, 0.5) is 0 Å². The first-order chi connectivity index (χ1) is 8.85. The van der Waals surface area contributed by atoms with Gasteiger partial charge in [0.2, 0.25) is 0 Å². The van der Waals surface area contributed by atoms with Crippen molar-refractivity contribution in [2.24, 2.45) is 0 Å². The van der Waals surface area contributed by atoms with E-state index in [0.29, 0.717) is 0 Å². The molecule has 0 aromatic heterocycles. The van der Waals surface area contributed by atoms with Crippen LogP contribution in [0.3, 0.4) is 0 Å². The topological polar surface area (TPSA) is 272 Å². The van der Waals surface area contributed by atoms with Crippen LogP contribution in [0.1, 0.15) is 20.8 Å². The molecule has 0 bridgehead atoms. The fourth-order valence-corrected chi connectivity index (χ4v) is 1.08. The molecule has 23 heavy (non-hydrogen) atoms. The zero-order valence-electron chi connectivity index (χ0n) is 15.4. The molecule has 11 heteroatoms. The molecule has 0 fully saturated rings. The van der Waals surface area contributed by atoms with E-state index in [1.54, 1.807) is 26.8 Å². The molecule has 0 saturated heterocycles. The van der Waals surface area contributed by atoms with Crippen LogP contribution in [0.5, 0.6) is 0 Å². The second kappa shape index (κ2) is 32.7. The highest BCUT2D eigenvalue weighted by atomic mass is 32.2. The van der Waals surface area contributed by atoms with Gasteiger partial charge in [-0.05, 0) is 12.1 Å². The van der Waals surface area contributed by atoms with Crippen LogP contribution < -0.4 is 39.9 Å². The third-order valence-electron chi connectivity index (χ3n) is 1.03. The van der Waals surface area contributed by atoms with Gasteiger partial charge in [-0.1, -0.05) is 39.0 Å². The second-order valence-corrected chi connectivity index (χ2v) is 4.01. The van der Waals surface area contributed by atoms with Crippen molar-refractivity contribution in [2.45, 2.75) is 25.7 Å². The molecule has 16 N–H and O–H groups in total. The molecule has 0 aliphatic heterocycles. The van der Waals surface area contributed by atoms with Crippen molar-refractivity contribution in [3.63, 3.8) is 0 Å². The lowest BCUT2D eigenvalue weighted by atomic mass is 10.4. The first-order valence-corrected chi connectivity index (χ1v) is 7.01. The SMILES string of the molecule is CC[O-].CC[O-].CC[O-].O=S(=O)([O-])c1ccccc1.[NH4+].[NH4+].[NH4+].[NH4+]. The molecular weight excluding hydrogens is 328 g/mol. The summed E-state index contributed by atoms with van der Waals surface area (Å²) in [7, 11) is -4.25. The van der Waals surface area contributed by atoms with Gasteiger partial charge in [-0.25, -0.2) is 8.42 Å². The molecule has 0 heterocycles. The Morgan fingerprint density at radius 2 is 0.957 bits per heavy atom. The van der Waals surface area contributed by atoms with Crippen LogP contribution in [-0.4, -0.2) is 32.8 Å². The molecule has 146 valence electrons. The van der Waals surface area contributed by atoms with Crippen molar-refractivity contribution in [1.82, 2.24) is 24.6 Å². The van der Waals surface area contributed by atoms with Crippen LogP contribution in [0.25, 0.3) is 0 Å². The van der Waals surface area contributed by atoms with Gasteiger partial charge in [-0.3, -0.25) is 0 Å². The van der Waals surface area contributed by atoms with Gasteiger partial charge in [-0.15, -0.1) is 19.8 Å². The van der Waals surface area contributed by atoms with Gasteiger partial charge in [0, 0.05) is 0 Å². The summed E-state index contributed by atoms with van der Waals surface area (Å²) in [6.07, 6.45) is 0. The smallest absolute Gasteiger partial charge is 0.124 e. The van der Waals surface area contributed by atoms with Crippen LogP contribution in [-0.2, 0) is 10.1 Å². The average Bonchev–Trinajstić information content (AvgIpc) is 2.32. The molecule has 0 amide bonds. The lowest BCUT2D eigenvalue weighted by Crippen LogP contribution is -1.97. The van der Waals surface area contributed by atoms with Gasteiger partial charge in [0.05, 0.1) is 4.90 Å². The van der Waals surface area contributed by atoms with Crippen LogP contribution in [0.15, 0.2) is 35.2 Å². The lowest BCUT2D eigenvalue weighted by Gasteiger charge is -2.04. The summed E-state index contributed by atoms with van der Waals surface area (Å²) in [6, 6.07) is 7.19. The number of rotatable bonds is 1. The first-order valence-electron chi connectivity index (χ1n) is 5.60. The maximum absolute atomic E-state index is 10.3. The molecule has 1 aromatic rings. The van der Waals surface area contributed by atoms with E-state index in [1.807, 2.05) is 0 Å². The van der Waals surface area contributed by atoms with Gasteiger partial charge < -0.3 is 44.5 Å². The Bertz CT molecular complexity index is 360. The molecule has 0 atom stereocenters. The van der Waals surface area contributed by atoms with Crippen molar-refractivity contribution in [3.8, 4) is 0 Å². The normalized spacial score (nSPS) is 7.26. The van der Waals surface area contributed by atoms with Crippen LogP contribution in [0.2, 0.25) is 0 Å². The minimum absolute atomic E-state index is 0. The largest absolute Gasteiger partial charge is 0.855 e.